The van der Waals surface area contributed by atoms with E-state index >= 15 is 0 Å². The van der Waals surface area contributed by atoms with Gasteiger partial charge in [-0.15, -0.1) is 0 Å². The zero-order valence-corrected chi connectivity index (χ0v) is 14.3. The predicted octanol–water partition coefficient (Wildman–Crippen LogP) is 4.38. The van der Waals surface area contributed by atoms with Crippen molar-refractivity contribution in [1.29, 1.82) is 0 Å². The van der Waals surface area contributed by atoms with Crippen LogP contribution in [0.2, 0.25) is 0 Å². The molecule has 1 aliphatic carbocycles. The van der Waals surface area contributed by atoms with Crippen molar-refractivity contribution in [1.82, 2.24) is 5.32 Å². The Bertz CT molecular complexity index is 422. The SMILES string of the molecule is CCCC(C)(CNC1CC1)CN(CC)c1ccc(C)cc1. The van der Waals surface area contributed by atoms with Crippen LogP contribution in [0.1, 0.15) is 52.0 Å². The van der Waals surface area contributed by atoms with E-state index in [2.05, 4.69) is 62.2 Å². The van der Waals surface area contributed by atoms with Crippen LogP contribution in [0.5, 0.6) is 0 Å². The summed E-state index contributed by atoms with van der Waals surface area (Å²) in [5.41, 5.74) is 3.05. The molecular weight excluding hydrogens is 256 g/mol. The molecule has 2 heteroatoms. The second kappa shape index (κ2) is 7.31. The molecule has 21 heavy (non-hydrogen) atoms. The van der Waals surface area contributed by atoms with E-state index in [-0.39, 0.29) is 0 Å². The van der Waals surface area contributed by atoms with E-state index in [1.165, 1.54) is 36.9 Å². The number of benzene rings is 1. The molecule has 0 aliphatic heterocycles. The lowest BCUT2D eigenvalue weighted by atomic mass is 9.84. The van der Waals surface area contributed by atoms with Crippen molar-refractivity contribution in [2.75, 3.05) is 24.5 Å². The zero-order valence-electron chi connectivity index (χ0n) is 14.3. The summed E-state index contributed by atoms with van der Waals surface area (Å²) in [5, 5.41) is 3.75. The first kappa shape index (κ1) is 16.4. The Morgan fingerprint density at radius 3 is 2.38 bits per heavy atom. The summed E-state index contributed by atoms with van der Waals surface area (Å²) in [4.78, 5) is 2.53. The topological polar surface area (TPSA) is 15.3 Å². The van der Waals surface area contributed by atoms with E-state index < -0.39 is 0 Å². The van der Waals surface area contributed by atoms with Gasteiger partial charge >= 0.3 is 0 Å². The summed E-state index contributed by atoms with van der Waals surface area (Å²) < 4.78 is 0. The van der Waals surface area contributed by atoms with E-state index in [9.17, 15) is 0 Å². The first-order valence-electron chi connectivity index (χ1n) is 8.61. The van der Waals surface area contributed by atoms with Crippen molar-refractivity contribution in [3.8, 4) is 0 Å². The van der Waals surface area contributed by atoms with Crippen molar-refractivity contribution < 1.29 is 0 Å². The summed E-state index contributed by atoms with van der Waals surface area (Å²) in [6.07, 6.45) is 5.29. The average molecular weight is 288 g/mol. The van der Waals surface area contributed by atoms with Crippen molar-refractivity contribution >= 4 is 5.69 Å². The molecular formula is C19H32N2. The predicted molar refractivity (Wildman–Crippen MR) is 93.1 cm³/mol. The molecule has 0 bridgehead atoms. The Labute approximate surface area is 130 Å². The maximum Gasteiger partial charge on any atom is 0.0366 e. The molecule has 0 radical (unpaired) electrons. The van der Waals surface area contributed by atoms with E-state index in [4.69, 9.17) is 0 Å². The van der Waals surface area contributed by atoms with Gasteiger partial charge in [-0.3, -0.25) is 0 Å². The maximum atomic E-state index is 3.75. The van der Waals surface area contributed by atoms with Crippen molar-refractivity contribution in [2.24, 2.45) is 5.41 Å². The van der Waals surface area contributed by atoms with Crippen LogP contribution in [0.3, 0.4) is 0 Å². The highest BCUT2D eigenvalue weighted by molar-refractivity contribution is 5.47. The molecule has 1 saturated carbocycles. The summed E-state index contributed by atoms with van der Waals surface area (Å²) >= 11 is 0. The molecule has 0 amide bonds. The van der Waals surface area contributed by atoms with Gasteiger partial charge in [-0.05, 0) is 50.7 Å². The molecule has 2 nitrogen and oxygen atoms in total. The first-order chi connectivity index (χ1) is 10.1. The third-order valence-corrected chi connectivity index (χ3v) is 4.60. The van der Waals surface area contributed by atoms with Crippen molar-refractivity contribution in [3.63, 3.8) is 0 Å². The molecule has 118 valence electrons. The van der Waals surface area contributed by atoms with Crippen LogP contribution in [0, 0.1) is 12.3 Å². The highest BCUT2D eigenvalue weighted by Gasteiger charge is 2.29. The lowest BCUT2D eigenvalue weighted by Gasteiger charge is -2.37. The summed E-state index contributed by atoms with van der Waals surface area (Å²) in [6.45, 7) is 12.5. The number of hydrogen-bond acceptors (Lipinski definition) is 2. The van der Waals surface area contributed by atoms with E-state index in [1.807, 2.05) is 0 Å². The van der Waals surface area contributed by atoms with Gasteiger partial charge in [0.1, 0.15) is 0 Å². The highest BCUT2D eigenvalue weighted by atomic mass is 15.1. The van der Waals surface area contributed by atoms with Crippen LogP contribution in [0.25, 0.3) is 0 Å². The number of rotatable bonds is 9. The van der Waals surface area contributed by atoms with Crippen LogP contribution in [0.4, 0.5) is 5.69 Å². The minimum atomic E-state index is 0.359. The molecule has 0 saturated heterocycles. The van der Waals surface area contributed by atoms with Gasteiger partial charge in [0.2, 0.25) is 0 Å². The fraction of sp³-hybridized carbons (Fsp3) is 0.684. The Hall–Kier alpha value is -1.02. The zero-order chi connectivity index (χ0) is 15.3. The van der Waals surface area contributed by atoms with E-state index in [1.54, 1.807) is 0 Å². The fourth-order valence-electron chi connectivity index (χ4n) is 3.11. The number of nitrogens with one attached hydrogen (secondary N) is 1. The quantitative estimate of drug-likeness (QED) is 0.725. The molecule has 0 spiro atoms. The monoisotopic (exact) mass is 288 g/mol. The minimum Gasteiger partial charge on any atom is -0.371 e. The van der Waals surface area contributed by atoms with Gasteiger partial charge in [0, 0.05) is 31.4 Å². The third kappa shape index (κ3) is 5.03. The number of aryl methyl sites for hydroxylation is 1. The summed E-state index contributed by atoms with van der Waals surface area (Å²) in [6, 6.07) is 9.77. The Kier molecular flexibility index (Phi) is 5.69. The maximum absolute atomic E-state index is 3.75. The molecule has 1 aliphatic rings. The van der Waals surface area contributed by atoms with Gasteiger partial charge in [0.25, 0.3) is 0 Å². The van der Waals surface area contributed by atoms with Crippen LogP contribution >= 0.6 is 0 Å². The summed E-state index contributed by atoms with van der Waals surface area (Å²) in [7, 11) is 0. The van der Waals surface area contributed by atoms with Gasteiger partial charge < -0.3 is 10.2 Å². The largest absolute Gasteiger partial charge is 0.371 e. The van der Waals surface area contributed by atoms with Crippen molar-refractivity contribution in [3.05, 3.63) is 29.8 Å². The van der Waals surface area contributed by atoms with Crippen LogP contribution < -0.4 is 10.2 Å². The molecule has 1 atom stereocenters. The molecule has 1 N–H and O–H groups in total. The molecule has 2 rings (SSSR count). The number of anilines is 1. The fourth-order valence-corrected chi connectivity index (χ4v) is 3.11. The molecule has 1 fully saturated rings. The van der Waals surface area contributed by atoms with E-state index in [0.29, 0.717) is 5.41 Å². The van der Waals surface area contributed by atoms with Crippen LogP contribution in [-0.4, -0.2) is 25.7 Å². The van der Waals surface area contributed by atoms with Gasteiger partial charge in [0.05, 0.1) is 0 Å². The van der Waals surface area contributed by atoms with Gasteiger partial charge in [-0.2, -0.15) is 0 Å². The minimum absolute atomic E-state index is 0.359. The highest BCUT2D eigenvalue weighted by Crippen LogP contribution is 2.29. The normalized spacial score (nSPS) is 17.5. The van der Waals surface area contributed by atoms with Gasteiger partial charge in [0.15, 0.2) is 0 Å². The molecule has 1 unspecified atom stereocenters. The second-order valence-electron chi connectivity index (χ2n) is 7.07. The molecule has 1 aromatic rings. The average Bonchev–Trinajstić information content (AvgIpc) is 3.28. The first-order valence-corrected chi connectivity index (χ1v) is 8.61. The van der Waals surface area contributed by atoms with E-state index in [0.717, 1.165) is 25.7 Å². The molecule has 0 aromatic heterocycles. The van der Waals surface area contributed by atoms with Crippen molar-refractivity contribution in [2.45, 2.75) is 59.4 Å². The Morgan fingerprint density at radius 2 is 1.86 bits per heavy atom. The Morgan fingerprint density at radius 1 is 1.19 bits per heavy atom. The summed E-state index contributed by atoms with van der Waals surface area (Å²) in [5.74, 6) is 0. The Balaban J connectivity index is 2.02. The molecule has 1 aromatic carbocycles. The van der Waals surface area contributed by atoms with Gasteiger partial charge in [-0.1, -0.05) is 38.0 Å². The lowest BCUT2D eigenvalue weighted by molar-refractivity contribution is 0.280. The standard InChI is InChI=1S/C19H32N2/c1-5-13-19(4,14-20-17-9-10-17)15-21(6-2)18-11-7-16(3)8-12-18/h7-8,11-12,17,20H,5-6,9-10,13-15H2,1-4H3. The second-order valence-corrected chi connectivity index (χ2v) is 7.07. The van der Waals surface area contributed by atoms with Gasteiger partial charge in [-0.25, -0.2) is 0 Å². The third-order valence-electron chi connectivity index (χ3n) is 4.60. The molecule has 0 heterocycles. The smallest absolute Gasteiger partial charge is 0.0366 e. The lowest BCUT2D eigenvalue weighted by Crippen LogP contribution is -2.43. The van der Waals surface area contributed by atoms with Crippen LogP contribution in [0.15, 0.2) is 24.3 Å². The number of nitrogens with zero attached hydrogens (tertiary/aromatic N) is 1. The number of hydrogen-bond donors (Lipinski definition) is 1. The van der Waals surface area contributed by atoms with Crippen LogP contribution in [-0.2, 0) is 0 Å².